The number of piperidine rings is 1. The van der Waals surface area contributed by atoms with Crippen molar-refractivity contribution in [3.05, 3.63) is 41.7 Å². The number of imidazole rings is 1. The number of hydrogen-bond acceptors (Lipinski definition) is 8. The molecule has 218 valence electrons. The molecule has 2 saturated heterocycles. The highest BCUT2D eigenvalue weighted by atomic mass is 16.5. The van der Waals surface area contributed by atoms with Gasteiger partial charge in [0, 0.05) is 66.6 Å². The summed E-state index contributed by atoms with van der Waals surface area (Å²) in [5, 5.41) is 11.7. The normalized spacial score (nSPS) is 21.6. The van der Waals surface area contributed by atoms with Crippen LogP contribution in [0.2, 0.25) is 0 Å². The van der Waals surface area contributed by atoms with Crippen LogP contribution in [-0.4, -0.2) is 75.2 Å². The van der Waals surface area contributed by atoms with E-state index in [1.165, 1.54) is 0 Å². The molecule has 0 saturated carbocycles. The van der Waals surface area contributed by atoms with Crippen LogP contribution in [0.15, 0.2) is 30.3 Å². The first kappa shape index (κ1) is 13.9. The zero-order valence-corrected chi connectivity index (χ0v) is 22.0. The highest BCUT2D eigenvalue weighted by Gasteiger charge is 2.27. The quantitative estimate of drug-likeness (QED) is 0.293. The summed E-state index contributed by atoms with van der Waals surface area (Å²) < 4.78 is 130. The molecule has 10 heteroatoms. The number of aromatic nitrogens is 6. The third-order valence-electron chi connectivity index (χ3n) is 7.58. The molecule has 3 aromatic heterocycles. The van der Waals surface area contributed by atoms with Gasteiger partial charge in [-0.3, -0.25) is 4.68 Å². The molecule has 6 rings (SSSR count). The minimum Gasteiger partial charge on any atom is -0.377 e. The van der Waals surface area contributed by atoms with Crippen LogP contribution in [0, 0.1) is 13.8 Å². The first-order chi connectivity index (χ1) is 30.0. The smallest absolute Gasteiger partial charge is 0.239 e. The monoisotopic (exact) mass is 550 g/mol. The van der Waals surface area contributed by atoms with Crippen molar-refractivity contribution in [2.45, 2.75) is 45.7 Å². The van der Waals surface area contributed by atoms with Crippen molar-refractivity contribution in [3.8, 4) is 17.2 Å². The lowest BCUT2D eigenvalue weighted by Crippen LogP contribution is -2.44. The largest absolute Gasteiger partial charge is 0.377 e. The summed E-state index contributed by atoms with van der Waals surface area (Å²) in [6.45, 7) is 10.6. The van der Waals surface area contributed by atoms with E-state index in [1.54, 1.807) is 0 Å². The van der Waals surface area contributed by atoms with Crippen LogP contribution >= 0.6 is 0 Å². The Morgan fingerprint density at radius 3 is 2.73 bits per heavy atom. The fraction of sp³-hybridized carbons (Fsp3) is 0.481. The number of rotatable bonds is 5. The van der Waals surface area contributed by atoms with Gasteiger partial charge in [0.05, 0.1) is 47.7 Å². The molecule has 0 unspecified atom stereocenters. The van der Waals surface area contributed by atoms with E-state index in [0.717, 1.165) is 72.0 Å². The molecule has 2 aliphatic rings. The third-order valence-corrected chi connectivity index (χ3v) is 7.58. The van der Waals surface area contributed by atoms with Gasteiger partial charge >= 0.3 is 0 Å². The molecule has 1 atom stereocenters. The molecular formula is C27H59N9O. The lowest BCUT2D eigenvalue weighted by Gasteiger charge is -2.34. The summed E-state index contributed by atoms with van der Waals surface area (Å²) in [6, 6.07) is 10.8. The first-order valence-electron chi connectivity index (χ1n) is 25.2. The molecule has 0 radical (unpaired) electrons. The molecule has 1 aromatic carbocycles. The van der Waals surface area contributed by atoms with Gasteiger partial charge in [-0.15, -0.1) is 0 Å². The fourth-order valence-electron chi connectivity index (χ4n) is 5.70. The van der Waals surface area contributed by atoms with E-state index in [-0.39, 0.29) is 6.04 Å². The summed E-state index contributed by atoms with van der Waals surface area (Å²) in [4.78, 5) is 17.4. The Morgan fingerprint density at radius 2 is 1.95 bits per heavy atom. The number of morpholine rings is 1. The van der Waals surface area contributed by atoms with Crippen molar-refractivity contribution < 1.29 is 40.4 Å². The van der Waals surface area contributed by atoms with Crippen molar-refractivity contribution in [1.82, 2.24) is 34.6 Å². The second kappa shape index (κ2) is 9.75. The third kappa shape index (κ3) is 4.23. The Bertz CT molecular complexity index is 1480. The molecule has 37 heavy (non-hydrogen) atoms. The van der Waals surface area contributed by atoms with E-state index in [9.17, 15) is 0 Å². The maximum absolute atomic E-state index is 5.73. The average molecular weight is 550 g/mol. The molecule has 10 nitrogen and oxygen atoms in total. The minimum absolute atomic E-state index is 0.215. The van der Waals surface area contributed by atoms with E-state index < -0.39 is 0 Å². The molecular weight excluding hydrogens is 466 g/mol. The molecule has 0 bridgehead atoms. The van der Waals surface area contributed by atoms with Crippen molar-refractivity contribution in [2.75, 3.05) is 50.1 Å². The lowest BCUT2D eigenvalue weighted by molar-refractivity contribution is 0.0985. The first-order valence-corrected chi connectivity index (χ1v) is 13.2. The van der Waals surface area contributed by atoms with Gasteiger partial charge in [0.1, 0.15) is 5.82 Å². The van der Waals surface area contributed by atoms with Gasteiger partial charge in [-0.1, -0.05) is 12.1 Å². The average Bonchev–Trinajstić information content (AvgIpc) is 3.92. The molecule has 0 spiro atoms. The SMILES string of the molecule is CNc1nc2ccccc2n1-c1nc(-c2c(C)nn(C3CCNCC3)c2C)cc(N2CCOC[C@H]2C)n1.[2H][2H].[2H][2H].[2H][2H].[2H][2H].[2H][2H].[2H][2H].[2H][2H].[2H][2H].[2H][2H].[2H][2H].[2H][2H].[2H][2H]. The van der Waals surface area contributed by atoms with Crippen molar-refractivity contribution in [2.24, 2.45) is 0 Å². The van der Waals surface area contributed by atoms with Crippen LogP contribution in [0.3, 0.4) is 0 Å². The van der Waals surface area contributed by atoms with Crippen LogP contribution in [0.1, 0.15) is 72.8 Å². The highest BCUT2D eigenvalue weighted by molar-refractivity contribution is 5.81. The molecule has 2 aliphatic heterocycles. The van der Waals surface area contributed by atoms with Gasteiger partial charge in [0.2, 0.25) is 11.9 Å². The van der Waals surface area contributed by atoms with Crippen LogP contribution in [0.4, 0.5) is 11.8 Å². The number of aryl methyl sites for hydroxylation is 1. The topological polar surface area (TPSA) is 98.0 Å². The van der Waals surface area contributed by atoms with Crippen molar-refractivity contribution >= 4 is 22.8 Å². The Kier molecular flexibility index (Phi) is 3.66. The number of fused-ring (bicyclic) bond motifs is 1. The van der Waals surface area contributed by atoms with Crippen molar-refractivity contribution in [3.63, 3.8) is 0 Å². The number of nitrogens with one attached hydrogen (secondary N) is 2. The van der Waals surface area contributed by atoms with Gasteiger partial charge in [0.25, 0.3) is 0 Å². The number of nitrogens with zero attached hydrogens (tertiary/aromatic N) is 7. The maximum Gasteiger partial charge on any atom is 0.239 e. The molecule has 2 N–H and O–H groups in total. The van der Waals surface area contributed by atoms with Gasteiger partial charge in [-0.25, -0.2) is 14.5 Å². The number of ether oxygens (including phenoxy) is 1. The van der Waals surface area contributed by atoms with E-state index in [0.29, 0.717) is 31.2 Å². The lowest BCUT2D eigenvalue weighted by atomic mass is 10.1. The molecule has 0 amide bonds. The predicted octanol–water partition coefficient (Wildman–Crippen LogP) is 6.44. The Balaban J connectivity index is -0.000000211. The van der Waals surface area contributed by atoms with Crippen LogP contribution in [-0.2, 0) is 4.74 Å². The standard InChI is InChI=1S/C27H35N9O.12H2/c1-17-16-37-14-13-34(17)24-15-22(25-18(2)33-36(19(25)3)20-9-11-29-12-10-20)31-27(32-24)35-23-8-6-5-7-21(23)30-26(35)28-4;;;;;;;;;;;;/h5-8,15,17,20,29H,9-14,16H2,1-4H3,(H,28,30);12*1H/t17-;;;;;;;;;;;;/m1............/s1/i;12*1+1D. The number of hydrogen-bond donors (Lipinski definition) is 2. The second-order valence-corrected chi connectivity index (χ2v) is 10.0. The predicted molar refractivity (Wildman–Crippen MR) is 171 cm³/mol. The zero-order chi connectivity index (χ0) is 49.5. The Hall–Kier alpha value is -3.50. The highest BCUT2D eigenvalue weighted by Crippen LogP contribution is 2.33. The number of para-hydroxylation sites is 2. The summed E-state index contributed by atoms with van der Waals surface area (Å²) in [5.74, 6) is 2.19. The summed E-state index contributed by atoms with van der Waals surface area (Å²) in [5.41, 5.74) is 5.97. The molecule has 2 fully saturated rings. The van der Waals surface area contributed by atoms with E-state index >= 15 is 0 Å². The van der Waals surface area contributed by atoms with Gasteiger partial charge in [-0.2, -0.15) is 10.1 Å². The molecule has 4 aromatic rings. The Morgan fingerprint density at radius 1 is 1.14 bits per heavy atom. The van der Waals surface area contributed by atoms with Gasteiger partial charge in [-0.05, 0) is 58.8 Å². The minimum atomic E-state index is 0.215. The van der Waals surface area contributed by atoms with Gasteiger partial charge in [0.15, 0.2) is 0 Å². The van der Waals surface area contributed by atoms with E-state index in [4.69, 9.17) is 60.4 Å². The molecule has 5 heterocycles. The van der Waals surface area contributed by atoms with E-state index in [2.05, 4.69) is 53.1 Å². The summed E-state index contributed by atoms with van der Waals surface area (Å²) >= 11 is 0. The zero-order valence-electron chi connectivity index (χ0n) is 46.0. The van der Waals surface area contributed by atoms with Crippen LogP contribution in [0.5, 0.6) is 0 Å². The van der Waals surface area contributed by atoms with Crippen LogP contribution in [0.25, 0.3) is 28.2 Å². The van der Waals surface area contributed by atoms with Crippen LogP contribution < -0.4 is 15.5 Å². The molecule has 0 aliphatic carbocycles. The number of benzene rings is 1. The van der Waals surface area contributed by atoms with Gasteiger partial charge < -0.3 is 20.3 Å². The summed E-state index contributed by atoms with van der Waals surface area (Å²) in [7, 11) is 1.88. The second-order valence-electron chi connectivity index (χ2n) is 10.0. The van der Waals surface area contributed by atoms with E-state index in [1.807, 2.05) is 29.8 Å². The fourth-order valence-corrected chi connectivity index (χ4v) is 5.70. The Labute approximate surface area is 254 Å². The maximum atomic E-state index is 5.73. The number of anilines is 2. The summed E-state index contributed by atoms with van der Waals surface area (Å²) in [6.07, 6.45) is 2.17. The van der Waals surface area contributed by atoms with Crippen molar-refractivity contribution in [1.29, 1.82) is 0 Å².